The molecule has 0 bridgehead atoms. The fraction of sp³-hybridized carbons (Fsp3) is 0.143. The highest BCUT2D eigenvalue weighted by atomic mass is 32.1. The van der Waals surface area contributed by atoms with Gasteiger partial charge in [-0.2, -0.15) is 5.10 Å². The summed E-state index contributed by atoms with van der Waals surface area (Å²) in [4.78, 5) is 0. The number of nitrogens with one attached hydrogen (secondary N) is 1. The first-order valence-electron chi connectivity index (χ1n) is 6.17. The Balaban J connectivity index is 2.04. The molecule has 0 unspecified atom stereocenters. The topological polar surface area (TPSA) is 38.5 Å². The molecule has 0 aliphatic rings. The number of aromatic amines is 1. The molecule has 0 spiro atoms. The van der Waals surface area contributed by atoms with Crippen molar-refractivity contribution in [1.82, 2.24) is 19.3 Å². The number of aromatic nitrogens is 4. The largest absolute Gasteiger partial charge is 0.354 e. The molecule has 2 heterocycles. The average molecular weight is 288 g/mol. The van der Waals surface area contributed by atoms with Crippen molar-refractivity contribution in [3.05, 3.63) is 64.7 Å². The minimum Gasteiger partial charge on any atom is -0.354 e. The molecule has 0 saturated heterocycles. The number of benzene rings is 1. The van der Waals surface area contributed by atoms with Gasteiger partial charge in [-0.05, 0) is 48.6 Å². The maximum absolute atomic E-state index is 13.0. The van der Waals surface area contributed by atoms with Crippen LogP contribution in [0.2, 0.25) is 0 Å². The van der Waals surface area contributed by atoms with Crippen LogP contribution in [0.25, 0.3) is 5.69 Å². The Morgan fingerprint density at radius 1 is 1.25 bits per heavy atom. The molecule has 1 aromatic carbocycles. The lowest BCUT2D eigenvalue weighted by atomic mass is 10.2. The zero-order chi connectivity index (χ0) is 14.1. The lowest BCUT2D eigenvalue weighted by Gasteiger charge is -2.07. The first-order valence-corrected chi connectivity index (χ1v) is 6.58. The number of halogens is 1. The second-order valence-electron chi connectivity index (χ2n) is 4.54. The number of hydrogen-bond acceptors (Lipinski definition) is 2. The first-order chi connectivity index (χ1) is 9.65. The average Bonchev–Trinajstić information content (AvgIpc) is 2.99. The third-order valence-corrected chi connectivity index (χ3v) is 3.49. The Kier molecular flexibility index (Phi) is 3.23. The molecular weight excluding hydrogens is 275 g/mol. The summed E-state index contributed by atoms with van der Waals surface area (Å²) >= 11 is 5.26. The van der Waals surface area contributed by atoms with E-state index in [4.69, 9.17) is 12.2 Å². The summed E-state index contributed by atoms with van der Waals surface area (Å²) < 4.78 is 17.4. The fourth-order valence-corrected chi connectivity index (χ4v) is 2.40. The van der Waals surface area contributed by atoms with Crippen molar-refractivity contribution in [2.75, 3.05) is 0 Å². The molecule has 4 nitrogen and oxygen atoms in total. The van der Waals surface area contributed by atoms with Gasteiger partial charge in [0, 0.05) is 31.0 Å². The van der Waals surface area contributed by atoms with Crippen molar-refractivity contribution in [1.29, 1.82) is 0 Å². The van der Waals surface area contributed by atoms with E-state index in [2.05, 4.69) is 10.2 Å². The molecule has 6 heteroatoms. The molecule has 0 radical (unpaired) electrons. The van der Waals surface area contributed by atoms with Gasteiger partial charge in [-0.15, -0.1) is 0 Å². The van der Waals surface area contributed by atoms with Gasteiger partial charge in [0.15, 0.2) is 4.77 Å². The van der Waals surface area contributed by atoms with Gasteiger partial charge in [-0.1, -0.05) is 0 Å². The molecule has 0 amide bonds. The van der Waals surface area contributed by atoms with Gasteiger partial charge < -0.3 is 4.57 Å². The van der Waals surface area contributed by atoms with E-state index in [0.29, 0.717) is 11.2 Å². The van der Waals surface area contributed by atoms with Crippen molar-refractivity contribution >= 4 is 12.2 Å². The molecular formula is C14H13FN4S. The quantitative estimate of drug-likeness (QED) is 0.752. The molecule has 20 heavy (non-hydrogen) atoms. The molecule has 1 N–H and O–H groups in total. The van der Waals surface area contributed by atoms with Gasteiger partial charge in [0.05, 0.1) is 0 Å². The summed E-state index contributed by atoms with van der Waals surface area (Å²) in [7, 11) is 1.98. The number of hydrogen-bond donors (Lipinski definition) is 1. The molecule has 3 rings (SSSR count). The van der Waals surface area contributed by atoms with Gasteiger partial charge in [0.2, 0.25) is 0 Å². The smallest absolute Gasteiger partial charge is 0.199 e. The highest BCUT2D eigenvalue weighted by Gasteiger charge is 2.10. The SMILES string of the molecule is Cn1cccc1Cc1n[nH]c(=S)n1-c1ccc(F)cc1. The van der Waals surface area contributed by atoms with E-state index < -0.39 is 0 Å². The van der Waals surface area contributed by atoms with Crippen molar-refractivity contribution < 1.29 is 4.39 Å². The third kappa shape index (κ3) is 2.30. The van der Waals surface area contributed by atoms with Crippen LogP contribution in [-0.4, -0.2) is 19.3 Å². The summed E-state index contributed by atoms with van der Waals surface area (Å²) in [6, 6.07) is 10.2. The molecule has 0 aliphatic heterocycles. The van der Waals surface area contributed by atoms with Crippen molar-refractivity contribution in [2.45, 2.75) is 6.42 Å². The minimum atomic E-state index is -0.271. The zero-order valence-corrected chi connectivity index (χ0v) is 11.7. The summed E-state index contributed by atoms with van der Waals surface area (Å²) in [5.74, 6) is 0.524. The Labute approximate surface area is 120 Å². The van der Waals surface area contributed by atoms with Crippen LogP contribution < -0.4 is 0 Å². The number of nitrogens with zero attached hydrogens (tertiary/aromatic N) is 3. The lowest BCUT2D eigenvalue weighted by molar-refractivity contribution is 0.627. The van der Waals surface area contributed by atoms with Crippen LogP contribution in [0.4, 0.5) is 4.39 Å². The molecule has 0 fully saturated rings. The van der Waals surface area contributed by atoms with Crippen LogP contribution in [-0.2, 0) is 13.5 Å². The molecule has 0 aliphatic carbocycles. The third-order valence-electron chi connectivity index (χ3n) is 3.22. The number of rotatable bonds is 3. The Bertz CT molecular complexity index is 782. The van der Waals surface area contributed by atoms with Gasteiger partial charge >= 0.3 is 0 Å². The first kappa shape index (κ1) is 12.8. The van der Waals surface area contributed by atoms with Crippen LogP contribution in [0.3, 0.4) is 0 Å². The van der Waals surface area contributed by atoms with Crippen LogP contribution in [0.15, 0.2) is 42.6 Å². The van der Waals surface area contributed by atoms with E-state index in [-0.39, 0.29) is 5.82 Å². The minimum absolute atomic E-state index is 0.271. The molecule has 102 valence electrons. The van der Waals surface area contributed by atoms with E-state index in [9.17, 15) is 4.39 Å². The second kappa shape index (κ2) is 5.05. The normalized spacial score (nSPS) is 10.9. The van der Waals surface area contributed by atoms with E-state index in [1.165, 1.54) is 12.1 Å². The number of H-pyrrole nitrogens is 1. The van der Waals surface area contributed by atoms with Gasteiger partial charge in [0.1, 0.15) is 11.6 Å². The van der Waals surface area contributed by atoms with Crippen molar-refractivity contribution in [3.8, 4) is 5.69 Å². The lowest BCUT2D eigenvalue weighted by Crippen LogP contribution is -2.05. The van der Waals surface area contributed by atoms with Crippen LogP contribution >= 0.6 is 12.2 Å². The van der Waals surface area contributed by atoms with Gasteiger partial charge in [-0.3, -0.25) is 9.67 Å². The molecule has 0 atom stereocenters. The van der Waals surface area contributed by atoms with E-state index >= 15 is 0 Å². The predicted molar refractivity (Wildman–Crippen MR) is 76.9 cm³/mol. The van der Waals surface area contributed by atoms with Crippen LogP contribution in [0.1, 0.15) is 11.5 Å². The summed E-state index contributed by atoms with van der Waals surface area (Å²) in [6.45, 7) is 0. The highest BCUT2D eigenvalue weighted by Crippen LogP contribution is 2.15. The maximum atomic E-state index is 13.0. The predicted octanol–water partition coefficient (Wildman–Crippen LogP) is 3.00. The standard InChI is InChI=1S/C14H13FN4S/c1-18-8-2-3-12(18)9-13-16-17-14(20)19(13)11-6-4-10(15)5-7-11/h2-8H,9H2,1H3,(H,17,20). The zero-order valence-electron chi connectivity index (χ0n) is 10.9. The fourth-order valence-electron chi connectivity index (χ4n) is 2.15. The Morgan fingerprint density at radius 3 is 2.65 bits per heavy atom. The van der Waals surface area contributed by atoms with E-state index in [1.807, 2.05) is 34.5 Å². The summed E-state index contributed by atoms with van der Waals surface area (Å²) in [5, 5.41) is 7.06. The maximum Gasteiger partial charge on any atom is 0.199 e. The molecule has 2 aromatic heterocycles. The highest BCUT2D eigenvalue weighted by molar-refractivity contribution is 7.71. The Morgan fingerprint density at radius 2 is 2.00 bits per heavy atom. The second-order valence-corrected chi connectivity index (χ2v) is 4.93. The van der Waals surface area contributed by atoms with Crippen molar-refractivity contribution in [3.63, 3.8) is 0 Å². The summed E-state index contributed by atoms with van der Waals surface area (Å²) in [5.41, 5.74) is 1.93. The van der Waals surface area contributed by atoms with E-state index in [1.54, 1.807) is 12.1 Å². The monoisotopic (exact) mass is 288 g/mol. The summed E-state index contributed by atoms with van der Waals surface area (Å²) in [6.07, 6.45) is 2.63. The number of aryl methyl sites for hydroxylation is 1. The van der Waals surface area contributed by atoms with Crippen LogP contribution in [0, 0.1) is 10.6 Å². The van der Waals surface area contributed by atoms with Gasteiger partial charge in [-0.25, -0.2) is 4.39 Å². The van der Waals surface area contributed by atoms with E-state index in [0.717, 1.165) is 17.2 Å². The van der Waals surface area contributed by atoms with Crippen LogP contribution in [0.5, 0.6) is 0 Å². The van der Waals surface area contributed by atoms with Crippen molar-refractivity contribution in [2.24, 2.45) is 7.05 Å². The molecule has 3 aromatic rings. The molecule has 0 saturated carbocycles. The van der Waals surface area contributed by atoms with Gasteiger partial charge in [0.25, 0.3) is 0 Å². The Hall–Kier alpha value is -2.21.